The molecule has 1 saturated heterocycles. The van der Waals surface area contributed by atoms with Crippen LogP contribution in [-0.4, -0.2) is 36.7 Å². The van der Waals surface area contributed by atoms with Gasteiger partial charge in [0.05, 0.1) is 18.4 Å². The normalized spacial score (nSPS) is 20.4. The second kappa shape index (κ2) is 5.29. The Morgan fingerprint density at radius 2 is 2.05 bits per heavy atom. The van der Waals surface area contributed by atoms with E-state index in [0.717, 1.165) is 23.9 Å². The predicted octanol–water partition coefficient (Wildman–Crippen LogP) is 3.19. The molecule has 0 aromatic heterocycles. The molecule has 1 unspecified atom stereocenters. The van der Waals surface area contributed by atoms with Gasteiger partial charge in [0.15, 0.2) is 0 Å². The summed E-state index contributed by atoms with van der Waals surface area (Å²) in [6.45, 7) is 3.90. The van der Waals surface area contributed by atoms with E-state index in [4.69, 9.17) is 4.74 Å². The number of morpholine rings is 1. The Bertz CT molecular complexity index is 731. The smallest absolute Gasteiger partial charge is 0.322 e. The van der Waals surface area contributed by atoms with E-state index in [1.54, 1.807) is 0 Å². The molecule has 2 aromatic rings. The van der Waals surface area contributed by atoms with Crippen LogP contribution in [0.15, 0.2) is 30.3 Å². The van der Waals surface area contributed by atoms with Crippen LogP contribution in [-0.2, 0) is 17.6 Å². The van der Waals surface area contributed by atoms with Crippen molar-refractivity contribution >= 4 is 22.5 Å². The van der Waals surface area contributed by atoms with E-state index >= 15 is 0 Å². The number of ether oxygens (including phenoxy) is 1. The molecular weight excluding hydrogens is 276 g/mol. The van der Waals surface area contributed by atoms with Crippen molar-refractivity contribution in [3.63, 3.8) is 0 Å². The van der Waals surface area contributed by atoms with Gasteiger partial charge in [-0.1, -0.05) is 24.3 Å². The fraction of sp³-hybridized carbons (Fsp3) is 0.389. The first kappa shape index (κ1) is 13.6. The van der Waals surface area contributed by atoms with Crippen molar-refractivity contribution in [1.82, 2.24) is 4.90 Å². The lowest BCUT2D eigenvalue weighted by molar-refractivity contribution is -0.00138. The van der Waals surface area contributed by atoms with Crippen LogP contribution >= 0.6 is 0 Å². The molecule has 1 aliphatic heterocycles. The zero-order chi connectivity index (χ0) is 15.1. The van der Waals surface area contributed by atoms with Gasteiger partial charge in [-0.15, -0.1) is 0 Å². The van der Waals surface area contributed by atoms with E-state index < -0.39 is 0 Å². The van der Waals surface area contributed by atoms with Gasteiger partial charge in [-0.05, 0) is 42.3 Å². The maximum Gasteiger partial charge on any atom is 0.322 e. The number of hydrogen-bond acceptors (Lipinski definition) is 2. The lowest BCUT2D eigenvalue weighted by Gasteiger charge is -2.31. The quantitative estimate of drug-likeness (QED) is 0.878. The number of anilines is 1. The third kappa shape index (κ3) is 2.24. The molecule has 1 aliphatic carbocycles. The molecule has 0 spiro atoms. The van der Waals surface area contributed by atoms with Crippen LogP contribution in [0.4, 0.5) is 10.5 Å². The Labute approximate surface area is 130 Å². The maximum absolute atomic E-state index is 12.5. The minimum atomic E-state index is -0.0335. The standard InChI is InChI=1S/C18H20N2O2/c1-12-11-20(9-10-22-12)18(21)19-16-8-7-14-6-5-13-3-2-4-15(16)17(13)14/h2-4,7-8,12H,5-6,9-11H2,1H3,(H,19,21). The molecule has 4 nitrogen and oxygen atoms in total. The number of hydrogen-bond donors (Lipinski definition) is 1. The lowest BCUT2D eigenvalue weighted by Crippen LogP contribution is -2.46. The highest BCUT2D eigenvalue weighted by Gasteiger charge is 2.22. The monoisotopic (exact) mass is 296 g/mol. The van der Waals surface area contributed by atoms with E-state index in [1.807, 2.05) is 17.9 Å². The van der Waals surface area contributed by atoms with Gasteiger partial charge in [0.2, 0.25) is 0 Å². The fourth-order valence-corrected chi connectivity index (χ4v) is 3.55. The number of aryl methyl sites for hydroxylation is 2. The van der Waals surface area contributed by atoms with E-state index in [2.05, 4.69) is 29.6 Å². The van der Waals surface area contributed by atoms with Gasteiger partial charge in [-0.2, -0.15) is 0 Å². The molecule has 22 heavy (non-hydrogen) atoms. The summed E-state index contributed by atoms with van der Waals surface area (Å²) < 4.78 is 5.50. The van der Waals surface area contributed by atoms with Crippen LogP contribution in [0.3, 0.4) is 0 Å². The molecule has 0 radical (unpaired) electrons. The van der Waals surface area contributed by atoms with Gasteiger partial charge in [0.25, 0.3) is 0 Å². The van der Waals surface area contributed by atoms with E-state index in [9.17, 15) is 4.79 Å². The van der Waals surface area contributed by atoms with Crippen molar-refractivity contribution in [2.75, 3.05) is 25.0 Å². The summed E-state index contributed by atoms with van der Waals surface area (Å²) in [5, 5.41) is 5.57. The first-order chi connectivity index (χ1) is 10.7. The third-order valence-corrected chi connectivity index (χ3v) is 4.65. The summed E-state index contributed by atoms with van der Waals surface area (Å²) in [7, 11) is 0. The Balaban J connectivity index is 1.64. The molecular formula is C18H20N2O2. The topological polar surface area (TPSA) is 41.6 Å². The average molecular weight is 296 g/mol. The Morgan fingerprint density at radius 1 is 1.23 bits per heavy atom. The maximum atomic E-state index is 12.5. The first-order valence-electron chi connectivity index (χ1n) is 7.93. The number of amides is 2. The van der Waals surface area contributed by atoms with Gasteiger partial charge in [-0.25, -0.2) is 4.79 Å². The largest absolute Gasteiger partial charge is 0.375 e. The van der Waals surface area contributed by atoms with Crippen molar-refractivity contribution in [3.05, 3.63) is 41.5 Å². The highest BCUT2D eigenvalue weighted by atomic mass is 16.5. The summed E-state index contributed by atoms with van der Waals surface area (Å²) in [6.07, 6.45) is 2.31. The van der Waals surface area contributed by atoms with Crippen LogP contribution in [0.25, 0.3) is 10.8 Å². The van der Waals surface area contributed by atoms with Crippen LogP contribution in [0.5, 0.6) is 0 Å². The van der Waals surface area contributed by atoms with Crippen molar-refractivity contribution < 1.29 is 9.53 Å². The molecule has 0 saturated carbocycles. The summed E-state index contributed by atoms with van der Waals surface area (Å²) in [5.41, 5.74) is 3.69. The van der Waals surface area contributed by atoms with Crippen LogP contribution in [0, 0.1) is 0 Å². The number of rotatable bonds is 1. The number of carbonyl (C=O) groups excluding carboxylic acids is 1. The zero-order valence-electron chi connectivity index (χ0n) is 12.8. The molecule has 114 valence electrons. The van der Waals surface area contributed by atoms with Crippen molar-refractivity contribution in [3.8, 4) is 0 Å². The van der Waals surface area contributed by atoms with Gasteiger partial charge < -0.3 is 15.0 Å². The molecule has 2 amide bonds. The Hall–Kier alpha value is -2.07. The number of carbonyl (C=O) groups is 1. The van der Waals surface area contributed by atoms with Crippen LogP contribution < -0.4 is 5.32 Å². The SMILES string of the molecule is CC1CN(C(=O)Nc2ccc3c4c(cccc24)CC3)CCO1. The van der Waals surface area contributed by atoms with E-state index in [1.165, 1.54) is 16.5 Å². The Morgan fingerprint density at radius 3 is 2.86 bits per heavy atom. The minimum Gasteiger partial charge on any atom is -0.375 e. The third-order valence-electron chi connectivity index (χ3n) is 4.65. The van der Waals surface area contributed by atoms with Crippen LogP contribution in [0.1, 0.15) is 18.1 Å². The van der Waals surface area contributed by atoms with Gasteiger partial charge in [0.1, 0.15) is 0 Å². The number of nitrogens with zero attached hydrogens (tertiary/aromatic N) is 1. The average Bonchev–Trinajstić information content (AvgIpc) is 2.95. The molecule has 1 heterocycles. The first-order valence-corrected chi connectivity index (χ1v) is 7.93. The number of nitrogens with one attached hydrogen (secondary N) is 1. The van der Waals surface area contributed by atoms with Gasteiger partial charge in [-0.3, -0.25) is 0 Å². The minimum absolute atomic E-state index is 0.0335. The molecule has 0 bridgehead atoms. The summed E-state index contributed by atoms with van der Waals surface area (Å²) in [4.78, 5) is 14.3. The summed E-state index contributed by atoms with van der Waals surface area (Å²) >= 11 is 0. The second-order valence-electron chi connectivity index (χ2n) is 6.17. The molecule has 2 aliphatic rings. The van der Waals surface area contributed by atoms with Crippen molar-refractivity contribution in [1.29, 1.82) is 0 Å². The van der Waals surface area contributed by atoms with E-state index in [-0.39, 0.29) is 12.1 Å². The molecule has 2 aromatic carbocycles. The van der Waals surface area contributed by atoms with E-state index in [0.29, 0.717) is 19.7 Å². The van der Waals surface area contributed by atoms with Crippen molar-refractivity contribution in [2.24, 2.45) is 0 Å². The zero-order valence-corrected chi connectivity index (χ0v) is 12.8. The van der Waals surface area contributed by atoms with Gasteiger partial charge in [0, 0.05) is 18.5 Å². The fourth-order valence-electron chi connectivity index (χ4n) is 3.55. The molecule has 1 N–H and O–H groups in total. The van der Waals surface area contributed by atoms with Gasteiger partial charge >= 0.3 is 6.03 Å². The Kier molecular flexibility index (Phi) is 3.26. The molecule has 4 heteroatoms. The molecule has 4 rings (SSSR count). The summed E-state index contributed by atoms with van der Waals surface area (Å²) in [6, 6.07) is 10.5. The summed E-state index contributed by atoms with van der Waals surface area (Å²) in [5.74, 6) is 0. The second-order valence-corrected chi connectivity index (χ2v) is 6.17. The highest BCUT2D eigenvalue weighted by Crippen LogP contribution is 2.35. The highest BCUT2D eigenvalue weighted by molar-refractivity contribution is 6.04. The molecule has 1 fully saturated rings. The number of benzene rings is 2. The lowest BCUT2D eigenvalue weighted by atomic mass is 10.0. The molecule has 1 atom stereocenters. The van der Waals surface area contributed by atoms with Crippen LogP contribution in [0.2, 0.25) is 0 Å². The number of urea groups is 1. The van der Waals surface area contributed by atoms with Crippen molar-refractivity contribution in [2.45, 2.75) is 25.9 Å². The predicted molar refractivity (Wildman–Crippen MR) is 87.4 cm³/mol.